The molecule has 2 saturated heterocycles. The maximum Gasteiger partial charge on any atom is 0.251 e. The monoisotopic (exact) mass is 554 g/mol. The van der Waals surface area contributed by atoms with E-state index in [0.717, 1.165) is 90.5 Å². The molecule has 1 N–H and O–H groups in total. The third-order valence-electron chi connectivity index (χ3n) is 8.65. The Morgan fingerprint density at radius 1 is 1.02 bits per heavy atom. The standard InChI is InChI=1S/C34H42N4O3/c1-3-5-17-35-34(39)27-14-16-31-30(22-27)33(36-38(31)32-10-6-7-19-40-32)26-12-11-25-21-29(15-13-24(25)20-26)41-23-28-9-8-18-37(28)4-2/h11-16,20-22,28,32H,3-10,17-19,23H2,1-2H3,(H,35,39)/t28?,32-/m0/s1. The van der Waals surface area contributed by atoms with Crippen LogP contribution in [0, 0.1) is 0 Å². The molecule has 41 heavy (non-hydrogen) atoms. The van der Waals surface area contributed by atoms with E-state index < -0.39 is 0 Å². The Labute approximate surface area is 242 Å². The average molecular weight is 555 g/mol. The number of likely N-dealkylation sites (N-methyl/N-ethyl adjacent to an activating group) is 1. The molecule has 2 aliphatic rings. The second kappa shape index (κ2) is 12.6. The van der Waals surface area contributed by atoms with Crippen molar-refractivity contribution in [2.75, 3.05) is 32.8 Å². The van der Waals surface area contributed by atoms with Gasteiger partial charge in [-0.15, -0.1) is 0 Å². The summed E-state index contributed by atoms with van der Waals surface area (Å²) in [5, 5.41) is 11.4. The van der Waals surface area contributed by atoms with Gasteiger partial charge in [-0.2, -0.15) is 5.10 Å². The highest BCUT2D eigenvalue weighted by Crippen LogP contribution is 2.35. The molecule has 216 valence electrons. The largest absolute Gasteiger partial charge is 0.492 e. The molecule has 1 amide bonds. The first-order chi connectivity index (χ1) is 20.1. The first kappa shape index (κ1) is 27.7. The molecule has 4 aromatic rings. The lowest BCUT2D eigenvalue weighted by molar-refractivity contribution is -0.0365. The van der Waals surface area contributed by atoms with Gasteiger partial charge in [0.1, 0.15) is 18.1 Å². The molecule has 7 nitrogen and oxygen atoms in total. The summed E-state index contributed by atoms with van der Waals surface area (Å²) in [4.78, 5) is 15.4. The zero-order valence-electron chi connectivity index (χ0n) is 24.4. The van der Waals surface area contributed by atoms with Crippen molar-refractivity contribution in [2.24, 2.45) is 0 Å². The summed E-state index contributed by atoms with van der Waals surface area (Å²) in [5.74, 6) is 0.870. The van der Waals surface area contributed by atoms with E-state index >= 15 is 0 Å². The van der Waals surface area contributed by atoms with Crippen LogP contribution in [0.2, 0.25) is 0 Å². The number of fused-ring (bicyclic) bond motifs is 2. The predicted molar refractivity (Wildman–Crippen MR) is 165 cm³/mol. The van der Waals surface area contributed by atoms with Crippen molar-refractivity contribution in [3.05, 3.63) is 60.2 Å². The number of unbranched alkanes of at least 4 members (excludes halogenated alkanes) is 1. The number of nitrogens with one attached hydrogen (secondary N) is 1. The van der Waals surface area contributed by atoms with Gasteiger partial charge in [0.15, 0.2) is 6.23 Å². The number of hydrogen-bond acceptors (Lipinski definition) is 5. The summed E-state index contributed by atoms with van der Waals surface area (Å²) >= 11 is 0. The fraction of sp³-hybridized carbons (Fsp3) is 0.471. The molecular formula is C34H42N4O3. The molecule has 1 aromatic heterocycles. The van der Waals surface area contributed by atoms with Crippen LogP contribution in [0.5, 0.6) is 5.75 Å². The van der Waals surface area contributed by atoms with Gasteiger partial charge < -0.3 is 14.8 Å². The Balaban J connectivity index is 1.31. The predicted octanol–water partition coefficient (Wildman–Crippen LogP) is 6.95. The van der Waals surface area contributed by atoms with Crippen LogP contribution in [-0.2, 0) is 4.74 Å². The van der Waals surface area contributed by atoms with Crippen molar-refractivity contribution in [2.45, 2.75) is 71.1 Å². The van der Waals surface area contributed by atoms with E-state index in [4.69, 9.17) is 14.6 Å². The minimum Gasteiger partial charge on any atom is -0.492 e. The number of hydrogen-bond donors (Lipinski definition) is 1. The van der Waals surface area contributed by atoms with Crippen molar-refractivity contribution in [1.29, 1.82) is 0 Å². The highest BCUT2D eigenvalue weighted by atomic mass is 16.5. The van der Waals surface area contributed by atoms with E-state index in [0.29, 0.717) is 18.2 Å². The van der Waals surface area contributed by atoms with E-state index in [1.165, 1.54) is 19.4 Å². The van der Waals surface area contributed by atoms with Crippen LogP contribution in [0.1, 0.15) is 75.4 Å². The fourth-order valence-corrected chi connectivity index (χ4v) is 6.27. The normalized spacial score (nSPS) is 19.7. The molecule has 0 saturated carbocycles. The van der Waals surface area contributed by atoms with Gasteiger partial charge >= 0.3 is 0 Å². The van der Waals surface area contributed by atoms with E-state index in [9.17, 15) is 4.79 Å². The highest BCUT2D eigenvalue weighted by molar-refractivity contribution is 6.02. The summed E-state index contributed by atoms with van der Waals surface area (Å²) in [6, 6.07) is 19.2. The van der Waals surface area contributed by atoms with Crippen LogP contribution in [-0.4, -0.2) is 59.5 Å². The molecule has 2 fully saturated rings. The molecule has 0 radical (unpaired) electrons. The lowest BCUT2D eigenvalue weighted by Crippen LogP contribution is -2.33. The smallest absolute Gasteiger partial charge is 0.251 e. The molecular weight excluding hydrogens is 512 g/mol. The van der Waals surface area contributed by atoms with Crippen molar-refractivity contribution in [1.82, 2.24) is 20.0 Å². The molecule has 0 bridgehead atoms. The van der Waals surface area contributed by atoms with Crippen LogP contribution in [0.25, 0.3) is 32.9 Å². The Hall–Kier alpha value is -3.42. The van der Waals surface area contributed by atoms with Crippen LogP contribution < -0.4 is 10.1 Å². The highest BCUT2D eigenvalue weighted by Gasteiger charge is 2.24. The van der Waals surface area contributed by atoms with Crippen molar-refractivity contribution >= 4 is 27.6 Å². The van der Waals surface area contributed by atoms with Crippen molar-refractivity contribution < 1.29 is 14.3 Å². The molecule has 3 heterocycles. The summed E-state index contributed by atoms with van der Waals surface area (Å²) < 4.78 is 14.4. The Morgan fingerprint density at radius 2 is 1.90 bits per heavy atom. The number of amides is 1. The maximum atomic E-state index is 12.9. The van der Waals surface area contributed by atoms with Gasteiger partial charge in [0.05, 0.1) is 5.52 Å². The topological polar surface area (TPSA) is 68.6 Å². The fourth-order valence-electron chi connectivity index (χ4n) is 6.27. The van der Waals surface area contributed by atoms with Gasteiger partial charge in [0.2, 0.25) is 0 Å². The molecule has 3 aromatic carbocycles. The quantitative estimate of drug-likeness (QED) is 0.215. The first-order valence-corrected chi connectivity index (χ1v) is 15.5. The van der Waals surface area contributed by atoms with E-state index in [-0.39, 0.29) is 12.1 Å². The summed E-state index contributed by atoms with van der Waals surface area (Å²) in [6.07, 6.45) is 7.53. The van der Waals surface area contributed by atoms with Gasteiger partial charge in [-0.25, -0.2) is 4.68 Å². The molecule has 2 aliphatic heterocycles. The molecule has 2 atom stereocenters. The first-order valence-electron chi connectivity index (χ1n) is 15.5. The minimum absolute atomic E-state index is 0.0429. The van der Waals surface area contributed by atoms with Crippen LogP contribution in [0.15, 0.2) is 54.6 Å². The van der Waals surface area contributed by atoms with Crippen LogP contribution in [0.3, 0.4) is 0 Å². The summed E-state index contributed by atoms with van der Waals surface area (Å²) in [6.45, 7) is 8.77. The molecule has 0 spiro atoms. The third kappa shape index (κ3) is 5.97. The molecule has 0 aliphatic carbocycles. The van der Waals surface area contributed by atoms with Gasteiger partial charge in [-0.1, -0.05) is 38.5 Å². The minimum atomic E-state index is -0.0899. The van der Waals surface area contributed by atoms with Gasteiger partial charge in [0.25, 0.3) is 5.91 Å². The van der Waals surface area contributed by atoms with Gasteiger partial charge in [-0.3, -0.25) is 9.69 Å². The maximum absolute atomic E-state index is 12.9. The number of aromatic nitrogens is 2. The average Bonchev–Trinajstić information content (AvgIpc) is 3.64. The number of rotatable bonds is 10. The lowest BCUT2D eigenvalue weighted by atomic mass is 10.0. The number of nitrogens with zero attached hydrogens (tertiary/aromatic N) is 3. The summed E-state index contributed by atoms with van der Waals surface area (Å²) in [7, 11) is 0. The van der Waals surface area contributed by atoms with Crippen LogP contribution in [0.4, 0.5) is 0 Å². The van der Waals surface area contributed by atoms with Crippen LogP contribution >= 0.6 is 0 Å². The SMILES string of the molecule is CCCCNC(=O)c1ccc2c(c1)c(-c1ccc3cc(OCC4CCCN4CC)ccc3c1)nn2[C@@H]1CCCCO1. The molecule has 1 unspecified atom stereocenters. The van der Waals surface area contributed by atoms with E-state index in [1.54, 1.807) is 0 Å². The molecule has 7 heteroatoms. The second-order valence-corrected chi connectivity index (χ2v) is 11.4. The number of ether oxygens (including phenoxy) is 2. The summed E-state index contributed by atoms with van der Waals surface area (Å²) in [5.41, 5.74) is 3.55. The second-order valence-electron chi connectivity index (χ2n) is 11.4. The Bertz CT molecular complexity index is 1510. The number of carbonyl (C=O) groups excluding carboxylic acids is 1. The number of benzene rings is 3. The molecule has 6 rings (SSSR count). The Kier molecular flexibility index (Phi) is 8.54. The number of likely N-dealkylation sites (tertiary alicyclic amines) is 1. The van der Waals surface area contributed by atoms with E-state index in [2.05, 4.69) is 60.5 Å². The zero-order valence-corrected chi connectivity index (χ0v) is 24.4. The number of carbonyl (C=O) groups is 1. The Morgan fingerprint density at radius 3 is 2.73 bits per heavy atom. The van der Waals surface area contributed by atoms with Crippen molar-refractivity contribution in [3.8, 4) is 17.0 Å². The third-order valence-corrected chi connectivity index (χ3v) is 8.65. The zero-order chi connectivity index (χ0) is 28.2. The van der Waals surface area contributed by atoms with Gasteiger partial charge in [0, 0.05) is 35.7 Å². The van der Waals surface area contributed by atoms with Gasteiger partial charge in [-0.05, 0) is 98.8 Å². The lowest BCUT2D eigenvalue weighted by Gasteiger charge is -2.23. The van der Waals surface area contributed by atoms with E-state index in [1.807, 2.05) is 22.9 Å². The van der Waals surface area contributed by atoms with Crippen molar-refractivity contribution in [3.63, 3.8) is 0 Å².